The molecule has 0 unspecified atom stereocenters. The van der Waals surface area contributed by atoms with Gasteiger partial charge >= 0.3 is 6.09 Å². The zero-order valence-corrected chi connectivity index (χ0v) is 17.5. The number of hydrogen-bond donors (Lipinski definition) is 1. The highest BCUT2D eigenvalue weighted by molar-refractivity contribution is 6.35. The summed E-state index contributed by atoms with van der Waals surface area (Å²) in [6.45, 7) is 6.73. The van der Waals surface area contributed by atoms with Crippen molar-refractivity contribution in [1.29, 1.82) is 0 Å². The SMILES string of the molecule is CC[C@H](NC(=O)OC(C)(C)C)C(=O)N(C(=O)c1c(Cl)cccc1[N+](=O)[O-])C1CC1. The summed E-state index contributed by atoms with van der Waals surface area (Å²) in [5, 5.41) is 13.7. The Balaban J connectivity index is 2.32. The monoisotopic (exact) mass is 425 g/mol. The van der Waals surface area contributed by atoms with Gasteiger partial charge in [0, 0.05) is 12.1 Å². The van der Waals surface area contributed by atoms with Gasteiger partial charge in [0.05, 0.1) is 9.95 Å². The van der Waals surface area contributed by atoms with Crippen LogP contribution in [0.25, 0.3) is 0 Å². The number of halogens is 1. The molecule has 1 aliphatic rings. The molecule has 1 fully saturated rings. The average molecular weight is 426 g/mol. The Bertz CT molecular complexity index is 832. The molecule has 1 atom stereocenters. The molecular weight excluding hydrogens is 402 g/mol. The lowest BCUT2D eigenvalue weighted by atomic mass is 10.1. The molecule has 0 saturated heterocycles. The van der Waals surface area contributed by atoms with Crippen molar-refractivity contribution in [2.45, 2.75) is 64.6 Å². The maximum absolute atomic E-state index is 13.1. The number of benzene rings is 1. The van der Waals surface area contributed by atoms with E-state index >= 15 is 0 Å². The maximum atomic E-state index is 13.1. The van der Waals surface area contributed by atoms with Crippen molar-refractivity contribution in [3.63, 3.8) is 0 Å². The van der Waals surface area contributed by atoms with Gasteiger partial charge in [-0.1, -0.05) is 24.6 Å². The van der Waals surface area contributed by atoms with Gasteiger partial charge in [0.15, 0.2) is 0 Å². The first-order chi connectivity index (χ1) is 13.5. The molecule has 3 amide bonds. The number of nitrogens with zero attached hydrogens (tertiary/aromatic N) is 2. The highest BCUT2D eigenvalue weighted by atomic mass is 35.5. The van der Waals surface area contributed by atoms with Crippen LogP contribution in [0.15, 0.2) is 18.2 Å². The lowest BCUT2D eigenvalue weighted by molar-refractivity contribution is -0.385. The van der Waals surface area contributed by atoms with Crippen molar-refractivity contribution in [1.82, 2.24) is 10.2 Å². The van der Waals surface area contributed by atoms with Crippen LogP contribution in [0.2, 0.25) is 5.02 Å². The number of carbonyl (C=O) groups excluding carboxylic acids is 3. The first-order valence-electron chi connectivity index (χ1n) is 9.26. The minimum Gasteiger partial charge on any atom is -0.444 e. The van der Waals surface area contributed by atoms with E-state index in [0.717, 1.165) is 11.0 Å². The van der Waals surface area contributed by atoms with Gasteiger partial charge in [-0.25, -0.2) is 4.79 Å². The number of imide groups is 1. The molecule has 2 rings (SSSR count). The van der Waals surface area contributed by atoms with E-state index in [1.165, 1.54) is 12.1 Å². The molecule has 1 aliphatic carbocycles. The quantitative estimate of drug-likeness (QED) is 0.548. The molecule has 1 aromatic carbocycles. The summed E-state index contributed by atoms with van der Waals surface area (Å²) in [6.07, 6.45) is 0.584. The topological polar surface area (TPSA) is 119 Å². The van der Waals surface area contributed by atoms with E-state index in [0.29, 0.717) is 12.8 Å². The van der Waals surface area contributed by atoms with Gasteiger partial charge in [-0.3, -0.25) is 24.6 Å². The van der Waals surface area contributed by atoms with Gasteiger partial charge in [0.1, 0.15) is 17.2 Å². The van der Waals surface area contributed by atoms with E-state index in [-0.39, 0.29) is 23.0 Å². The van der Waals surface area contributed by atoms with Crippen molar-refractivity contribution in [3.05, 3.63) is 38.9 Å². The molecule has 158 valence electrons. The molecule has 1 N–H and O–H groups in total. The lowest BCUT2D eigenvalue weighted by Gasteiger charge is -2.27. The third kappa shape index (κ3) is 5.66. The van der Waals surface area contributed by atoms with Gasteiger partial charge in [-0.15, -0.1) is 0 Å². The van der Waals surface area contributed by atoms with Gasteiger partial charge < -0.3 is 10.1 Å². The molecule has 0 spiro atoms. The second-order valence-corrected chi connectivity index (χ2v) is 8.15. The summed E-state index contributed by atoms with van der Waals surface area (Å²) in [5.74, 6) is -1.50. The minimum atomic E-state index is -1.02. The first-order valence-corrected chi connectivity index (χ1v) is 9.63. The number of carbonyl (C=O) groups is 3. The van der Waals surface area contributed by atoms with Gasteiger partial charge in [0.25, 0.3) is 17.5 Å². The molecule has 1 saturated carbocycles. The standard InChI is InChI=1S/C19H24ClN3O6/c1-5-13(21-18(26)29-19(2,3)4)16(24)22(11-9-10-11)17(25)15-12(20)7-6-8-14(15)23(27)28/h6-8,11,13H,5,9-10H2,1-4H3,(H,21,26)/t13-/m0/s1. The number of nitro benzene ring substituents is 1. The Kier molecular flexibility index (Phi) is 6.84. The van der Waals surface area contributed by atoms with Crippen LogP contribution in [-0.4, -0.2) is 45.4 Å². The number of nitro groups is 1. The third-order valence-electron chi connectivity index (χ3n) is 4.17. The Labute approximate surface area is 173 Å². The van der Waals surface area contributed by atoms with Crippen LogP contribution in [0.3, 0.4) is 0 Å². The molecule has 0 radical (unpaired) electrons. The largest absolute Gasteiger partial charge is 0.444 e. The number of amides is 3. The van der Waals surface area contributed by atoms with Crippen molar-refractivity contribution < 1.29 is 24.0 Å². The van der Waals surface area contributed by atoms with E-state index in [1.54, 1.807) is 27.7 Å². The molecule has 29 heavy (non-hydrogen) atoms. The van der Waals surface area contributed by atoms with Crippen molar-refractivity contribution in [3.8, 4) is 0 Å². The Hall–Kier alpha value is -2.68. The van der Waals surface area contributed by atoms with Crippen LogP contribution in [0.5, 0.6) is 0 Å². The molecule has 0 aromatic heterocycles. The number of alkyl carbamates (subject to hydrolysis) is 1. The smallest absolute Gasteiger partial charge is 0.408 e. The summed E-state index contributed by atoms with van der Waals surface area (Å²) in [6, 6.07) is 2.47. The summed E-state index contributed by atoms with van der Waals surface area (Å²) in [4.78, 5) is 49.9. The van der Waals surface area contributed by atoms with Crippen LogP contribution in [0, 0.1) is 10.1 Å². The molecule has 10 heteroatoms. The van der Waals surface area contributed by atoms with E-state index in [4.69, 9.17) is 16.3 Å². The van der Waals surface area contributed by atoms with Gasteiger partial charge in [0.2, 0.25) is 0 Å². The molecule has 1 aromatic rings. The van der Waals surface area contributed by atoms with Gasteiger partial charge in [-0.2, -0.15) is 0 Å². The van der Waals surface area contributed by atoms with E-state index < -0.39 is 40.2 Å². The Morgan fingerprint density at radius 3 is 2.45 bits per heavy atom. The molecule has 0 bridgehead atoms. The van der Waals surface area contributed by atoms with E-state index in [1.807, 2.05) is 0 Å². The number of hydrogen-bond acceptors (Lipinski definition) is 6. The normalized spacial score (nSPS) is 14.7. The average Bonchev–Trinajstić information content (AvgIpc) is 3.42. The van der Waals surface area contributed by atoms with Crippen LogP contribution >= 0.6 is 11.6 Å². The van der Waals surface area contributed by atoms with E-state index in [9.17, 15) is 24.5 Å². The second kappa shape index (κ2) is 8.77. The summed E-state index contributed by atoms with van der Waals surface area (Å²) >= 11 is 6.06. The highest BCUT2D eigenvalue weighted by Gasteiger charge is 2.43. The van der Waals surface area contributed by atoms with Crippen molar-refractivity contribution >= 4 is 35.2 Å². The third-order valence-corrected chi connectivity index (χ3v) is 4.48. The fourth-order valence-corrected chi connectivity index (χ4v) is 2.98. The zero-order valence-electron chi connectivity index (χ0n) is 16.7. The summed E-state index contributed by atoms with van der Waals surface area (Å²) in [7, 11) is 0. The van der Waals surface area contributed by atoms with Crippen LogP contribution < -0.4 is 5.32 Å². The molecule has 9 nitrogen and oxygen atoms in total. The fraction of sp³-hybridized carbons (Fsp3) is 0.526. The molecular formula is C19H24ClN3O6. The fourth-order valence-electron chi connectivity index (χ4n) is 2.73. The summed E-state index contributed by atoms with van der Waals surface area (Å²) in [5.41, 5.74) is -1.57. The van der Waals surface area contributed by atoms with Crippen molar-refractivity contribution in [2.75, 3.05) is 0 Å². The predicted molar refractivity (Wildman–Crippen MR) is 106 cm³/mol. The van der Waals surface area contributed by atoms with Crippen molar-refractivity contribution in [2.24, 2.45) is 0 Å². The van der Waals surface area contributed by atoms with Crippen LogP contribution in [-0.2, 0) is 9.53 Å². The number of rotatable bonds is 6. The maximum Gasteiger partial charge on any atom is 0.408 e. The number of ether oxygens (including phenoxy) is 1. The lowest BCUT2D eigenvalue weighted by Crippen LogP contribution is -2.52. The highest BCUT2D eigenvalue weighted by Crippen LogP contribution is 2.34. The second-order valence-electron chi connectivity index (χ2n) is 7.74. The summed E-state index contributed by atoms with van der Waals surface area (Å²) < 4.78 is 5.17. The van der Waals surface area contributed by atoms with Crippen LogP contribution in [0.4, 0.5) is 10.5 Å². The first kappa shape index (κ1) is 22.6. The Morgan fingerprint density at radius 1 is 1.34 bits per heavy atom. The predicted octanol–water partition coefficient (Wildman–Crippen LogP) is 3.68. The molecule has 0 heterocycles. The van der Waals surface area contributed by atoms with E-state index in [2.05, 4.69) is 5.32 Å². The molecule has 0 aliphatic heterocycles. The minimum absolute atomic E-state index is 0.115. The van der Waals surface area contributed by atoms with Gasteiger partial charge in [-0.05, 0) is 46.1 Å². The zero-order chi connectivity index (χ0) is 21.9. The number of nitrogens with one attached hydrogen (secondary N) is 1. The Morgan fingerprint density at radius 2 is 1.97 bits per heavy atom. The van der Waals surface area contributed by atoms with Crippen LogP contribution in [0.1, 0.15) is 57.3 Å².